The first-order chi connectivity index (χ1) is 9.90. The van der Waals surface area contributed by atoms with E-state index in [0.717, 1.165) is 6.07 Å². The molecule has 0 fully saturated rings. The Kier molecular flexibility index (Phi) is 4.32. The number of aromatic nitrogens is 2. The summed E-state index contributed by atoms with van der Waals surface area (Å²) in [6.45, 7) is 1.42. The van der Waals surface area contributed by atoms with Crippen molar-refractivity contribution >= 4 is 23.5 Å². The van der Waals surface area contributed by atoms with Gasteiger partial charge in [0.15, 0.2) is 0 Å². The zero-order chi connectivity index (χ0) is 15.6. The Balaban J connectivity index is 2.30. The Morgan fingerprint density at radius 3 is 2.62 bits per heavy atom. The van der Waals surface area contributed by atoms with Gasteiger partial charge in [0.1, 0.15) is 16.8 Å². The summed E-state index contributed by atoms with van der Waals surface area (Å²) in [6, 6.07) is 3.09. The summed E-state index contributed by atoms with van der Waals surface area (Å²) < 4.78 is 31.7. The molecule has 1 aromatic carbocycles. The van der Waals surface area contributed by atoms with E-state index in [9.17, 15) is 13.6 Å². The highest BCUT2D eigenvalue weighted by molar-refractivity contribution is 6.29. The molecule has 2 rings (SSSR count). The van der Waals surface area contributed by atoms with Crippen LogP contribution < -0.4 is 10.1 Å². The second-order valence-corrected chi connectivity index (χ2v) is 4.48. The van der Waals surface area contributed by atoms with Gasteiger partial charge in [0.25, 0.3) is 5.91 Å². The molecule has 0 aliphatic heterocycles. The highest BCUT2D eigenvalue weighted by atomic mass is 35.5. The highest BCUT2D eigenvalue weighted by Crippen LogP contribution is 2.18. The Morgan fingerprint density at radius 1 is 1.24 bits per heavy atom. The predicted molar refractivity (Wildman–Crippen MR) is 72.6 cm³/mol. The van der Waals surface area contributed by atoms with Gasteiger partial charge in [-0.15, -0.1) is 0 Å². The minimum absolute atomic E-state index is 0.0490. The molecule has 0 aliphatic carbocycles. The lowest BCUT2D eigenvalue weighted by Gasteiger charge is -2.07. The second kappa shape index (κ2) is 6.01. The number of aryl methyl sites for hydroxylation is 1. The molecule has 1 amide bonds. The number of nitrogens with one attached hydrogen (secondary N) is 1. The van der Waals surface area contributed by atoms with Crippen molar-refractivity contribution in [3.8, 4) is 5.88 Å². The van der Waals surface area contributed by atoms with E-state index < -0.39 is 17.5 Å². The van der Waals surface area contributed by atoms with E-state index >= 15 is 0 Å². The standard InChI is InChI=1S/C13H10ClF2N3O2/c1-6-3-7(9(16)4-8(6)15)12(20)19-13-17-10(14)5-11(18-13)21-2/h3-5H,1-2H3,(H,17,18,19,20). The Hall–Kier alpha value is -2.28. The van der Waals surface area contributed by atoms with Crippen molar-refractivity contribution in [2.24, 2.45) is 0 Å². The van der Waals surface area contributed by atoms with Gasteiger partial charge in [-0.25, -0.2) is 13.8 Å². The van der Waals surface area contributed by atoms with Crippen molar-refractivity contribution in [1.82, 2.24) is 9.97 Å². The minimum atomic E-state index is -0.982. The fourth-order valence-electron chi connectivity index (χ4n) is 1.56. The molecular formula is C13H10ClF2N3O2. The van der Waals surface area contributed by atoms with E-state index in [0.29, 0.717) is 6.07 Å². The Labute approximate surface area is 123 Å². The molecule has 110 valence electrons. The third-order valence-corrected chi connectivity index (χ3v) is 2.79. The number of halogens is 3. The highest BCUT2D eigenvalue weighted by Gasteiger charge is 2.16. The summed E-state index contributed by atoms with van der Waals surface area (Å²) in [5.74, 6) is -2.54. The van der Waals surface area contributed by atoms with Gasteiger partial charge in [0.2, 0.25) is 11.8 Å². The molecule has 0 saturated carbocycles. The molecule has 0 unspecified atom stereocenters. The van der Waals surface area contributed by atoms with Gasteiger partial charge in [0, 0.05) is 12.1 Å². The molecule has 5 nitrogen and oxygen atoms in total. The Bertz CT molecular complexity index is 710. The van der Waals surface area contributed by atoms with Crippen molar-refractivity contribution in [3.63, 3.8) is 0 Å². The number of methoxy groups -OCH3 is 1. The van der Waals surface area contributed by atoms with Crippen LogP contribution >= 0.6 is 11.6 Å². The molecule has 0 aliphatic rings. The van der Waals surface area contributed by atoms with E-state index in [2.05, 4.69) is 15.3 Å². The van der Waals surface area contributed by atoms with Gasteiger partial charge in [-0.2, -0.15) is 4.98 Å². The van der Waals surface area contributed by atoms with E-state index in [1.54, 1.807) is 0 Å². The molecule has 0 radical (unpaired) electrons. The first kappa shape index (κ1) is 15.1. The first-order valence-corrected chi connectivity index (χ1v) is 6.14. The van der Waals surface area contributed by atoms with Crippen LogP contribution in [-0.2, 0) is 0 Å². The molecule has 0 saturated heterocycles. The third kappa shape index (κ3) is 3.43. The van der Waals surface area contributed by atoms with Crippen molar-refractivity contribution < 1.29 is 18.3 Å². The maximum Gasteiger partial charge on any atom is 0.261 e. The SMILES string of the molecule is COc1cc(Cl)nc(NC(=O)c2cc(C)c(F)cc2F)n1. The quantitative estimate of drug-likeness (QED) is 0.885. The largest absolute Gasteiger partial charge is 0.481 e. The number of carbonyl (C=O) groups is 1. The van der Waals surface area contributed by atoms with Gasteiger partial charge in [-0.3, -0.25) is 10.1 Å². The normalized spacial score (nSPS) is 10.3. The molecule has 1 heterocycles. The van der Waals surface area contributed by atoms with Gasteiger partial charge >= 0.3 is 0 Å². The summed E-state index contributed by atoms with van der Waals surface area (Å²) in [5, 5.41) is 2.32. The van der Waals surface area contributed by atoms with Crippen LogP contribution in [0.4, 0.5) is 14.7 Å². The second-order valence-electron chi connectivity index (χ2n) is 4.09. The molecule has 0 atom stereocenters. The number of nitrogens with zero attached hydrogens (tertiary/aromatic N) is 2. The minimum Gasteiger partial charge on any atom is -0.481 e. The number of ether oxygens (including phenoxy) is 1. The van der Waals surface area contributed by atoms with Gasteiger partial charge in [-0.05, 0) is 18.6 Å². The van der Waals surface area contributed by atoms with E-state index in [-0.39, 0.29) is 28.1 Å². The Morgan fingerprint density at radius 2 is 1.95 bits per heavy atom. The lowest BCUT2D eigenvalue weighted by atomic mass is 10.1. The molecule has 8 heteroatoms. The van der Waals surface area contributed by atoms with Crippen LogP contribution in [0.15, 0.2) is 18.2 Å². The number of amides is 1. The maximum absolute atomic E-state index is 13.6. The summed E-state index contributed by atoms with van der Waals surface area (Å²) >= 11 is 5.73. The van der Waals surface area contributed by atoms with Crippen molar-refractivity contribution in [2.75, 3.05) is 12.4 Å². The van der Waals surface area contributed by atoms with Gasteiger partial charge < -0.3 is 4.74 Å². The number of rotatable bonds is 3. The number of hydrogen-bond acceptors (Lipinski definition) is 4. The molecule has 0 bridgehead atoms. The summed E-state index contributed by atoms with van der Waals surface area (Å²) in [7, 11) is 1.37. The number of hydrogen-bond donors (Lipinski definition) is 1. The third-order valence-electron chi connectivity index (χ3n) is 2.60. The fourth-order valence-corrected chi connectivity index (χ4v) is 1.73. The topological polar surface area (TPSA) is 64.1 Å². The van der Waals surface area contributed by atoms with E-state index in [4.69, 9.17) is 16.3 Å². The smallest absolute Gasteiger partial charge is 0.261 e. The van der Waals surface area contributed by atoms with Crippen LogP contribution in [0.2, 0.25) is 5.15 Å². The zero-order valence-corrected chi connectivity index (χ0v) is 11.8. The van der Waals surface area contributed by atoms with E-state index in [1.807, 2.05) is 0 Å². The monoisotopic (exact) mass is 313 g/mol. The molecule has 0 spiro atoms. The summed E-state index contributed by atoms with van der Waals surface area (Å²) in [5.41, 5.74) is -0.178. The summed E-state index contributed by atoms with van der Waals surface area (Å²) in [4.78, 5) is 19.6. The fraction of sp³-hybridized carbons (Fsp3) is 0.154. The zero-order valence-electron chi connectivity index (χ0n) is 11.1. The van der Waals surface area contributed by atoms with Crippen molar-refractivity contribution in [3.05, 3.63) is 46.1 Å². The average molecular weight is 314 g/mol. The molecule has 2 aromatic rings. The molecular weight excluding hydrogens is 304 g/mol. The lowest BCUT2D eigenvalue weighted by Crippen LogP contribution is -2.16. The average Bonchev–Trinajstić information content (AvgIpc) is 2.42. The summed E-state index contributed by atoms with van der Waals surface area (Å²) in [6.07, 6.45) is 0. The van der Waals surface area contributed by atoms with E-state index in [1.165, 1.54) is 20.1 Å². The number of carbonyl (C=O) groups excluding carboxylic acids is 1. The van der Waals surface area contributed by atoms with Crippen LogP contribution in [0.5, 0.6) is 5.88 Å². The van der Waals surface area contributed by atoms with Crippen LogP contribution in [0.3, 0.4) is 0 Å². The first-order valence-electron chi connectivity index (χ1n) is 5.76. The van der Waals surface area contributed by atoms with Crippen molar-refractivity contribution in [1.29, 1.82) is 0 Å². The maximum atomic E-state index is 13.6. The van der Waals surface area contributed by atoms with Crippen LogP contribution in [0.1, 0.15) is 15.9 Å². The molecule has 1 aromatic heterocycles. The van der Waals surface area contributed by atoms with Crippen molar-refractivity contribution in [2.45, 2.75) is 6.92 Å². The molecule has 1 N–H and O–H groups in total. The lowest BCUT2D eigenvalue weighted by molar-refractivity contribution is 0.102. The number of benzene rings is 1. The van der Waals surface area contributed by atoms with Crippen LogP contribution in [0, 0.1) is 18.6 Å². The van der Waals surface area contributed by atoms with Gasteiger partial charge in [0.05, 0.1) is 12.7 Å². The van der Waals surface area contributed by atoms with Crippen LogP contribution in [-0.4, -0.2) is 23.0 Å². The predicted octanol–water partition coefficient (Wildman–Crippen LogP) is 2.98. The molecule has 21 heavy (non-hydrogen) atoms. The van der Waals surface area contributed by atoms with Gasteiger partial charge in [-0.1, -0.05) is 11.6 Å². The van der Waals surface area contributed by atoms with Crippen LogP contribution in [0.25, 0.3) is 0 Å². The number of anilines is 1.